The smallest absolute Gasteiger partial charge is 0.134 e. The van der Waals surface area contributed by atoms with Crippen molar-refractivity contribution in [3.63, 3.8) is 0 Å². The molecule has 3 rings (SSSR count). The minimum absolute atomic E-state index is 0.414. The summed E-state index contributed by atoms with van der Waals surface area (Å²) in [6.45, 7) is 15.9. The van der Waals surface area contributed by atoms with Crippen LogP contribution in [0.2, 0.25) is 0 Å². The zero-order chi connectivity index (χ0) is 17.0. The van der Waals surface area contributed by atoms with Crippen LogP contribution in [0, 0.1) is 5.41 Å². The van der Waals surface area contributed by atoms with Crippen LogP contribution in [0.25, 0.3) is 0 Å². The van der Waals surface area contributed by atoms with Crippen molar-refractivity contribution in [1.29, 1.82) is 0 Å². The maximum Gasteiger partial charge on any atom is 0.134 e. The molecule has 0 saturated carbocycles. The third-order valence-corrected chi connectivity index (χ3v) is 4.85. The molecule has 0 aliphatic carbocycles. The quantitative estimate of drug-likeness (QED) is 0.838. The molecule has 1 aromatic heterocycles. The molecule has 0 aromatic carbocycles. The summed E-state index contributed by atoms with van der Waals surface area (Å²) < 4.78 is 5.43. The molecule has 0 radical (unpaired) electrons. The molecular formula is C18H31N5O. The molecule has 0 spiro atoms. The van der Waals surface area contributed by atoms with E-state index in [1.54, 1.807) is 6.33 Å². The Morgan fingerprint density at radius 2 is 1.50 bits per heavy atom. The van der Waals surface area contributed by atoms with E-state index in [1.165, 1.54) is 13.0 Å². The third-order valence-electron chi connectivity index (χ3n) is 4.85. The first-order valence-corrected chi connectivity index (χ1v) is 9.13. The molecule has 0 amide bonds. The van der Waals surface area contributed by atoms with Crippen molar-refractivity contribution >= 4 is 11.6 Å². The molecule has 6 heteroatoms. The predicted octanol–water partition coefficient (Wildman–Crippen LogP) is 1.87. The van der Waals surface area contributed by atoms with E-state index in [0.717, 1.165) is 64.1 Å². The summed E-state index contributed by atoms with van der Waals surface area (Å²) >= 11 is 0. The zero-order valence-electron chi connectivity index (χ0n) is 15.4. The summed E-state index contributed by atoms with van der Waals surface area (Å²) in [4.78, 5) is 16.2. The summed E-state index contributed by atoms with van der Waals surface area (Å²) in [5.74, 6) is 2.08. The fourth-order valence-corrected chi connectivity index (χ4v) is 3.17. The minimum Gasteiger partial charge on any atom is -0.378 e. The molecule has 134 valence electrons. The van der Waals surface area contributed by atoms with E-state index < -0.39 is 0 Å². The second-order valence-corrected chi connectivity index (χ2v) is 7.97. The molecule has 6 nitrogen and oxygen atoms in total. The molecule has 24 heavy (non-hydrogen) atoms. The lowest BCUT2D eigenvalue weighted by molar-refractivity contribution is 0.122. The summed E-state index contributed by atoms with van der Waals surface area (Å²) in [5.41, 5.74) is 0.414. The number of aromatic nitrogens is 2. The fraction of sp³-hybridized carbons (Fsp3) is 0.778. The highest BCUT2D eigenvalue weighted by Crippen LogP contribution is 2.22. The number of nitrogens with zero attached hydrogens (tertiary/aromatic N) is 5. The Hall–Kier alpha value is -1.40. The number of morpholine rings is 1. The van der Waals surface area contributed by atoms with E-state index in [0.29, 0.717) is 5.41 Å². The molecule has 2 saturated heterocycles. The fourth-order valence-electron chi connectivity index (χ4n) is 3.17. The highest BCUT2D eigenvalue weighted by molar-refractivity contribution is 5.50. The molecule has 0 unspecified atom stereocenters. The average Bonchev–Trinajstić information content (AvgIpc) is 2.61. The van der Waals surface area contributed by atoms with Gasteiger partial charge in [0, 0.05) is 45.3 Å². The molecule has 0 bridgehead atoms. The van der Waals surface area contributed by atoms with Crippen LogP contribution in [0.1, 0.15) is 27.2 Å². The SMILES string of the molecule is CC(C)(C)CCN1CCN(c2cc(N3CCOCC3)ncn2)CC1. The van der Waals surface area contributed by atoms with Crippen LogP contribution >= 0.6 is 0 Å². The Balaban J connectivity index is 1.54. The monoisotopic (exact) mass is 333 g/mol. The normalized spacial score (nSPS) is 20.5. The van der Waals surface area contributed by atoms with Gasteiger partial charge < -0.3 is 14.5 Å². The van der Waals surface area contributed by atoms with Crippen molar-refractivity contribution in [2.24, 2.45) is 5.41 Å². The molecule has 3 heterocycles. The van der Waals surface area contributed by atoms with Crippen molar-refractivity contribution in [2.75, 3.05) is 68.8 Å². The van der Waals surface area contributed by atoms with Gasteiger partial charge in [0.25, 0.3) is 0 Å². The first-order chi connectivity index (χ1) is 11.5. The van der Waals surface area contributed by atoms with Crippen molar-refractivity contribution in [2.45, 2.75) is 27.2 Å². The Bertz CT molecular complexity index is 516. The van der Waals surface area contributed by atoms with Crippen LogP contribution < -0.4 is 9.80 Å². The zero-order valence-corrected chi connectivity index (χ0v) is 15.4. The van der Waals surface area contributed by atoms with E-state index in [-0.39, 0.29) is 0 Å². The summed E-state index contributed by atoms with van der Waals surface area (Å²) in [7, 11) is 0. The second kappa shape index (κ2) is 7.66. The standard InChI is InChI=1S/C18H31N5O/c1-18(2,3)4-5-21-6-8-22(9-7-21)16-14-17(20-15-19-16)23-10-12-24-13-11-23/h14-15H,4-13H2,1-3H3. The van der Waals surface area contributed by atoms with Gasteiger partial charge in [0.2, 0.25) is 0 Å². The van der Waals surface area contributed by atoms with Gasteiger partial charge in [-0.05, 0) is 18.4 Å². The number of hydrogen-bond acceptors (Lipinski definition) is 6. The summed E-state index contributed by atoms with van der Waals surface area (Å²) in [6, 6.07) is 2.14. The van der Waals surface area contributed by atoms with Crippen LogP contribution in [0.3, 0.4) is 0 Å². The predicted molar refractivity (Wildman–Crippen MR) is 97.8 cm³/mol. The number of hydrogen-bond donors (Lipinski definition) is 0. The molecule has 2 aliphatic rings. The third kappa shape index (κ3) is 4.80. The number of anilines is 2. The molecule has 0 atom stereocenters. The highest BCUT2D eigenvalue weighted by Gasteiger charge is 2.21. The number of rotatable bonds is 4. The van der Waals surface area contributed by atoms with Gasteiger partial charge >= 0.3 is 0 Å². The maximum atomic E-state index is 5.43. The van der Waals surface area contributed by atoms with E-state index in [9.17, 15) is 0 Å². The Labute approximate surface area is 145 Å². The molecule has 1 aromatic rings. The maximum absolute atomic E-state index is 5.43. The highest BCUT2D eigenvalue weighted by atomic mass is 16.5. The molecule has 2 aliphatic heterocycles. The van der Waals surface area contributed by atoms with Crippen LogP contribution in [0.4, 0.5) is 11.6 Å². The van der Waals surface area contributed by atoms with Crippen molar-refractivity contribution in [3.8, 4) is 0 Å². The average molecular weight is 333 g/mol. The molecule has 2 fully saturated rings. The van der Waals surface area contributed by atoms with Crippen LogP contribution in [-0.2, 0) is 4.74 Å². The van der Waals surface area contributed by atoms with Gasteiger partial charge in [-0.25, -0.2) is 9.97 Å². The first kappa shape index (κ1) is 17.4. The summed E-state index contributed by atoms with van der Waals surface area (Å²) in [6.07, 6.45) is 2.95. The van der Waals surface area contributed by atoms with Crippen LogP contribution in [-0.4, -0.2) is 73.9 Å². The van der Waals surface area contributed by atoms with Crippen molar-refractivity contribution in [1.82, 2.24) is 14.9 Å². The number of piperazine rings is 1. The van der Waals surface area contributed by atoms with Crippen molar-refractivity contribution in [3.05, 3.63) is 12.4 Å². The van der Waals surface area contributed by atoms with E-state index in [1.807, 2.05) is 0 Å². The minimum atomic E-state index is 0.414. The topological polar surface area (TPSA) is 44.7 Å². The van der Waals surface area contributed by atoms with E-state index in [4.69, 9.17) is 4.74 Å². The van der Waals surface area contributed by atoms with E-state index in [2.05, 4.69) is 51.5 Å². The van der Waals surface area contributed by atoms with Gasteiger partial charge in [0.1, 0.15) is 18.0 Å². The van der Waals surface area contributed by atoms with Gasteiger partial charge in [0.05, 0.1) is 13.2 Å². The van der Waals surface area contributed by atoms with Crippen molar-refractivity contribution < 1.29 is 4.74 Å². The van der Waals surface area contributed by atoms with Gasteiger partial charge in [-0.15, -0.1) is 0 Å². The molecule has 0 N–H and O–H groups in total. The Morgan fingerprint density at radius 3 is 2.08 bits per heavy atom. The van der Waals surface area contributed by atoms with Crippen LogP contribution in [0.15, 0.2) is 12.4 Å². The van der Waals surface area contributed by atoms with Gasteiger partial charge in [-0.3, -0.25) is 4.90 Å². The second-order valence-electron chi connectivity index (χ2n) is 7.97. The molecular weight excluding hydrogens is 302 g/mol. The first-order valence-electron chi connectivity index (χ1n) is 9.13. The lowest BCUT2D eigenvalue weighted by Gasteiger charge is -2.37. The lowest BCUT2D eigenvalue weighted by Crippen LogP contribution is -2.47. The van der Waals surface area contributed by atoms with Gasteiger partial charge in [-0.2, -0.15) is 0 Å². The summed E-state index contributed by atoms with van der Waals surface area (Å²) in [5, 5.41) is 0. The van der Waals surface area contributed by atoms with Gasteiger partial charge in [0.15, 0.2) is 0 Å². The Morgan fingerprint density at radius 1 is 0.917 bits per heavy atom. The largest absolute Gasteiger partial charge is 0.378 e. The lowest BCUT2D eigenvalue weighted by atomic mass is 9.92. The van der Waals surface area contributed by atoms with E-state index >= 15 is 0 Å². The van der Waals surface area contributed by atoms with Crippen LogP contribution in [0.5, 0.6) is 0 Å². The van der Waals surface area contributed by atoms with Gasteiger partial charge in [-0.1, -0.05) is 20.8 Å². The Kier molecular flexibility index (Phi) is 5.56. The number of ether oxygens (including phenoxy) is 1.